The number of nitrogens with zero attached hydrogens (tertiary/aromatic N) is 4. The topological polar surface area (TPSA) is 41.9 Å². The average Bonchev–Trinajstić information content (AvgIpc) is 3.21. The molecule has 0 fully saturated rings. The summed E-state index contributed by atoms with van der Waals surface area (Å²) in [6, 6.07) is 60.0. The van der Waals surface area contributed by atoms with Gasteiger partial charge in [-0.25, -0.2) is 4.98 Å². The molecule has 10 rings (SSSR count). The predicted octanol–water partition coefficient (Wildman–Crippen LogP) is 12.4. The molecule has 0 spiro atoms. The highest BCUT2D eigenvalue weighted by Gasteiger charge is 2.21. The molecule has 4 heteroatoms. The Bertz CT molecular complexity index is 2880. The van der Waals surface area contributed by atoms with Crippen molar-refractivity contribution in [2.75, 3.05) is 4.90 Å². The quantitative estimate of drug-likeness (QED) is 0.174. The zero-order valence-electron chi connectivity index (χ0n) is 27.6. The standard InChI is InChI=1S/C47H30N4/c1-3-14-32(15-4-1)51(33-16-5-2-6-17-33)43-23-10-8-19-40(43)46-41-27-26-35-34(20-11-21-37(35)44(41)39-18-7-9-22-42(39)50-46)36-28-30-49-47-38(36)25-24-31-13-12-29-48-45(31)47/h1-30H. The Labute approximate surface area is 294 Å². The fourth-order valence-electron chi connectivity index (χ4n) is 7.69. The van der Waals surface area contributed by atoms with Gasteiger partial charge in [0.05, 0.1) is 27.9 Å². The van der Waals surface area contributed by atoms with Gasteiger partial charge < -0.3 is 4.90 Å². The van der Waals surface area contributed by atoms with Gasteiger partial charge in [-0.2, -0.15) is 0 Å². The third kappa shape index (κ3) is 4.72. The van der Waals surface area contributed by atoms with Crippen LogP contribution < -0.4 is 4.90 Å². The molecule has 0 atom stereocenters. The molecule has 0 bridgehead atoms. The number of hydrogen-bond donors (Lipinski definition) is 0. The van der Waals surface area contributed by atoms with Crippen LogP contribution in [0, 0.1) is 0 Å². The Morgan fingerprint density at radius 1 is 0.373 bits per heavy atom. The molecule has 238 valence electrons. The summed E-state index contributed by atoms with van der Waals surface area (Å²) in [7, 11) is 0. The molecule has 0 saturated heterocycles. The molecule has 0 aliphatic carbocycles. The summed E-state index contributed by atoms with van der Waals surface area (Å²) in [6.45, 7) is 0. The molecule has 10 aromatic rings. The van der Waals surface area contributed by atoms with Crippen LogP contribution in [0.3, 0.4) is 0 Å². The maximum atomic E-state index is 5.42. The van der Waals surface area contributed by atoms with Gasteiger partial charge in [0, 0.05) is 56.3 Å². The number of anilines is 3. The minimum Gasteiger partial charge on any atom is -0.310 e. The molecule has 0 aliphatic rings. The maximum absolute atomic E-state index is 5.42. The lowest BCUT2D eigenvalue weighted by atomic mass is 9.90. The number of rotatable bonds is 5. The molecule has 0 unspecified atom stereocenters. The van der Waals surface area contributed by atoms with E-state index < -0.39 is 0 Å². The van der Waals surface area contributed by atoms with Gasteiger partial charge in [-0.05, 0) is 70.4 Å². The second-order valence-electron chi connectivity index (χ2n) is 12.8. The number of pyridine rings is 3. The smallest absolute Gasteiger partial charge is 0.0970 e. The highest BCUT2D eigenvalue weighted by molar-refractivity contribution is 6.25. The first-order chi connectivity index (χ1) is 25.3. The van der Waals surface area contributed by atoms with Crippen molar-refractivity contribution < 1.29 is 0 Å². The number of aromatic nitrogens is 3. The summed E-state index contributed by atoms with van der Waals surface area (Å²) in [5.41, 5.74) is 10.4. The van der Waals surface area contributed by atoms with Gasteiger partial charge in [0.15, 0.2) is 0 Å². The van der Waals surface area contributed by atoms with Crippen LogP contribution >= 0.6 is 0 Å². The van der Waals surface area contributed by atoms with Crippen molar-refractivity contribution in [1.82, 2.24) is 15.0 Å². The molecule has 51 heavy (non-hydrogen) atoms. The molecule has 3 aromatic heterocycles. The molecule has 3 heterocycles. The van der Waals surface area contributed by atoms with E-state index >= 15 is 0 Å². The van der Waals surface area contributed by atoms with Crippen LogP contribution in [0.5, 0.6) is 0 Å². The Kier molecular flexibility index (Phi) is 6.78. The fraction of sp³-hybridized carbons (Fsp3) is 0. The lowest BCUT2D eigenvalue weighted by Crippen LogP contribution is -2.11. The lowest BCUT2D eigenvalue weighted by Gasteiger charge is -2.28. The third-order valence-corrected chi connectivity index (χ3v) is 9.92. The largest absolute Gasteiger partial charge is 0.310 e. The van der Waals surface area contributed by atoms with E-state index in [-0.39, 0.29) is 0 Å². The Hall–Kier alpha value is -6.91. The van der Waals surface area contributed by atoms with Crippen LogP contribution in [0.25, 0.3) is 76.6 Å². The van der Waals surface area contributed by atoms with E-state index in [1.807, 2.05) is 18.5 Å². The summed E-state index contributed by atoms with van der Waals surface area (Å²) in [4.78, 5) is 17.3. The van der Waals surface area contributed by atoms with E-state index in [4.69, 9.17) is 15.0 Å². The van der Waals surface area contributed by atoms with Gasteiger partial charge in [0.1, 0.15) is 0 Å². The molecule has 0 radical (unpaired) electrons. The zero-order chi connectivity index (χ0) is 33.7. The van der Waals surface area contributed by atoms with Crippen LogP contribution in [0.1, 0.15) is 0 Å². The van der Waals surface area contributed by atoms with Crippen LogP contribution in [0.2, 0.25) is 0 Å². The Morgan fingerprint density at radius 3 is 1.86 bits per heavy atom. The van der Waals surface area contributed by atoms with Crippen molar-refractivity contribution in [2.24, 2.45) is 0 Å². The van der Waals surface area contributed by atoms with E-state index in [9.17, 15) is 0 Å². The number of benzene rings is 7. The molecule has 0 N–H and O–H groups in total. The highest BCUT2D eigenvalue weighted by atomic mass is 15.1. The first kappa shape index (κ1) is 29.0. The van der Waals surface area contributed by atoms with Crippen molar-refractivity contribution >= 4 is 71.3 Å². The van der Waals surface area contributed by atoms with Crippen molar-refractivity contribution in [2.45, 2.75) is 0 Å². The van der Waals surface area contributed by atoms with Crippen LogP contribution in [0.15, 0.2) is 182 Å². The third-order valence-electron chi connectivity index (χ3n) is 9.92. The van der Waals surface area contributed by atoms with Crippen molar-refractivity contribution in [3.8, 4) is 22.4 Å². The molecule has 7 aromatic carbocycles. The predicted molar refractivity (Wildman–Crippen MR) is 213 cm³/mol. The van der Waals surface area contributed by atoms with Crippen LogP contribution in [-0.2, 0) is 0 Å². The Morgan fingerprint density at radius 2 is 1.02 bits per heavy atom. The molecule has 0 aliphatic heterocycles. The number of fused-ring (bicyclic) bond motifs is 8. The average molecular weight is 651 g/mol. The second-order valence-corrected chi connectivity index (χ2v) is 12.8. The summed E-state index contributed by atoms with van der Waals surface area (Å²) in [5.74, 6) is 0. The van der Waals surface area contributed by atoms with E-state index in [1.165, 1.54) is 21.7 Å². The van der Waals surface area contributed by atoms with Crippen LogP contribution in [0.4, 0.5) is 17.1 Å². The van der Waals surface area contributed by atoms with Crippen LogP contribution in [-0.4, -0.2) is 15.0 Å². The van der Waals surface area contributed by atoms with E-state index in [2.05, 4.69) is 169 Å². The molecule has 4 nitrogen and oxygen atoms in total. The minimum absolute atomic E-state index is 0.915. The molecular weight excluding hydrogens is 621 g/mol. The maximum Gasteiger partial charge on any atom is 0.0970 e. The minimum atomic E-state index is 0.915. The van der Waals surface area contributed by atoms with Gasteiger partial charge in [0.2, 0.25) is 0 Å². The SMILES string of the molecule is c1ccc(N(c2ccccc2)c2ccccc2-c2nc3ccccc3c3c2ccc2c(-c4ccnc5c4ccc4cccnc45)cccc23)cc1. The molecule has 0 amide bonds. The second kappa shape index (κ2) is 11.9. The fourth-order valence-corrected chi connectivity index (χ4v) is 7.69. The first-order valence-electron chi connectivity index (χ1n) is 17.2. The van der Waals surface area contributed by atoms with Gasteiger partial charge in [0.25, 0.3) is 0 Å². The number of para-hydroxylation sites is 4. The number of hydrogen-bond acceptors (Lipinski definition) is 4. The summed E-state index contributed by atoms with van der Waals surface area (Å²) in [5, 5.41) is 7.99. The van der Waals surface area contributed by atoms with Gasteiger partial charge >= 0.3 is 0 Å². The first-order valence-corrected chi connectivity index (χ1v) is 17.2. The van der Waals surface area contributed by atoms with E-state index in [0.717, 1.165) is 72.0 Å². The summed E-state index contributed by atoms with van der Waals surface area (Å²) in [6.07, 6.45) is 3.75. The van der Waals surface area contributed by atoms with Gasteiger partial charge in [-0.3, -0.25) is 9.97 Å². The van der Waals surface area contributed by atoms with Crippen molar-refractivity contribution in [1.29, 1.82) is 0 Å². The molecular formula is C47H30N4. The van der Waals surface area contributed by atoms with Crippen molar-refractivity contribution in [3.05, 3.63) is 182 Å². The highest BCUT2D eigenvalue weighted by Crippen LogP contribution is 2.45. The van der Waals surface area contributed by atoms with E-state index in [1.54, 1.807) is 0 Å². The van der Waals surface area contributed by atoms with Crippen molar-refractivity contribution in [3.63, 3.8) is 0 Å². The summed E-state index contributed by atoms with van der Waals surface area (Å²) < 4.78 is 0. The Balaban J connectivity index is 1.26. The zero-order valence-corrected chi connectivity index (χ0v) is 27.6. The normalized spacial score (nSPS) is 11.5. The van der Waals surface area contributed by atoms with Gasteiger partial charge in [-0.1, -0.05) is 121 Å². The summed E-state index contributed by atoms with van der Waals surface area (Å²) >= 11 is 0. The van der Waals surface area contributed by atoms with Gasteiger partial charge in [-0.15, -0.1) is 0 Å². The lowest BCUT2D eigenvalue weighted by molar-refractivity contribution is 1.28. The van der Waals surface area contributed by atoms with E-state index in [0.29, 0.717) is 0 Å². The monoisotopic (exact) mass is 650 g/mol. The molecule has 0 saturated carbocycles.